The maximum atomic E-state index is 12.0. The summed E-state index contributed by atoms with van der Waals surface area (Å²) in [5.74, 6) is 3.25. The maximum Gasteiger partial charge on any atom is 0.523 e. The molecule has 1 heterocycles. The number of nitrogens with zero attached hydrogens (tertiary/aromatic N) is 3. The van der Waals surface area contributed by atoms with Crippen molar-refractivity contribution in [1.82, 2.24) is 20.4 Å². The summed E-state index contributed by atoms with van der Waals surface area (Å²) in [4.78, 5) is 53.5. The number of hydrogen-bond donors (Lipinski definition) is 3. The Labute approximate surface area is 370 Å². The van der Waals surface area contributed by atoms with Crippen molar-refractivity contribution in [2.45, 2.75) is 98.3 Å². The fourth-order valence-corrected chi connectivity index (χ4v) is 4.89. The van der Waals surface area contributed by atoms with Gasteiger partial charge in [0, 0.05) is 81.3 Å². The van der Waals surface area contributed by atoms with Gasteiger partial charge in [0.05, 0.1) is 13.7 Å². The molecule has 0 saturated carbocycles. The van der Waals surface area contributed by atoms with E-state index in [0.717, 1.165) is 42.0 Å². The smallest absolute Gasteiger partial charge is 0.479 e. The number of aliphatic imine (C=N–C) groups is 1. The molecule has 0 saturated heterocycles. The zero-order chi connectivity index (χ0) is 47.0. The Morgan fingerprint density at radius 1 is 0.867 bits per heavy atom. The molecule has 0 bridgehead atoms. The van der Waals surface area contributed by atoms with E-state index in [-0.39, 0.29) is 17.9 Å². The number of carbonyl (C=O) groups is 4. The van der Waals surface area contributed by atoms with Crippen molar-refractivity contribution in [3.05, 3.63) is 35.4 Å². The number of likely N-dealkylation sites (N-methyl/N-ethyl adjacent to an activating group) is 1. The third kappa shape index (κ3) is 36.7. The second-order valence-corrected chi connectivity index (χ2v) is 17.7. The minimum Gasteiger partial charge on any atom is -0.479 e. The first kappa shape index (κ1) is 61.2. The molecule has 4 amide bonds. The lowest BCUT2D eigenvalue weighted by molar-refractivity contribution is -0.133. The number of amides is 4. The van der Waals surface area contributed by atoms with Gasteiger partial charge in [0.15, 0.2) is 5.90 Å². The minimum absolute atomic E-state index is 0.0801. The van der Waals surface area contributed by atoms with Crippen LogP contribution in [0.15, 0.2) is 35.3 Å². The lowest BCUT2D eigenvalue weighted by Crippen LogP contribution is -2.40. The quantitative estimate of drug-likeness (QED) is 0.0688. The standard InChI is InChI=1S/C18H35N3O4S.C7H15NO2S.C6H5Cl.C5H9NO.C2H3F3O3S/c1-7-15(22)20(6)10-11-21(16(23)8-2)12-14-26-13-9-19-17(24)25-18(3,4)5;1-7(2,3)10-6(9)8-4-5-11;7-6-4-2-1-3-5-6;1-2-5-6-3-4-7-5;1-8-9(6,7)2(3,4)5/h7-14H2,1-6H3,(H,19,24);11H,4-5H2,1-3H3,(H,8,9);1-5H;2-4H2,1H3;1H3. The second kappa shape index (κ2) is 33.5. The molecule has 0 atom stereocenters. The average molecular weight is 943 g/mol. The molecular formula is C38H67ClF3N5O10S3. The molecule has 0 aromatic heterocycles. The van der Waals surface area contributed by atoms with Crippen LogP contribution in [0.5, 0.6) is 0 Å². The van der Waals surface area contributed by atoms with E-state index < -0.39 is 32.9 Å². The van der Waals surface area contributed by atoms with Crippen molar-refractivity contribution in [2.75, 3.05) is 77.3 Å². The number of carbonyl (C=O) groups excluding carboxylic acids is 4. The monoisotopic (exact) mass is 941 g/mol. The molecule has 22 heteroatoms. The summed E-state index contributed by atoms with van der Waals surface area (Å²) >= 11 is 11.1. The van der Waals surface area contributed by atoms with E-state index >= 15 is 0 Å². The number of benzene rings is 1. The van der Waals surface area contributed by atoms with Crippen LogP contribution in [0.3, 0.4) is 0 Å². The second-order valence-electron chi connectivity index (χ2n) is 13.9. The number of hydrogen-bond acceptors (Lipinski definition) is 13. The van der Waals surface area contributed by atoms with Crippen LogP contribution in [0.1, 0.15) is 81.6 Å². The van der Waals surface area contributed by atoms with Crippen LogP contribution in [0.4, 0.5) is 22.8 Å². The molecule has 2 N–H and O–H groups in total. The van der Waals surface area contributed by atoms with Crippen LogP contribution in [0.25, 0.3) is 0 Å². The Bertz CT molecular complexity index is 1480. The third-order valence-electron chi connectivity index (χ3n) is 6.48. The fourth-order valence-electron chi connectivity index (χ4n) is 3.64. The van der Waals surface area contributed by atoms with Gasteiger partial charge >= 0.3 is 27.8 Å². The van der Waals surface area contributed by atoms with E-state index in [1.165, 1.54) is 0 Å². The topological polar surface area (TPSA) is 182 Å². The van der Waals surface area contributed by atoms with Crippen LogP contribution in [0, 0.1) is 0 Å². The number of rotatable bonds is 15. The van der Waals surface area contributed by atoms with Crippen molar-refractivity contribution in [1.29, 1.82) is 0 Å². The Morgan fingerprint density at radius 3 is 1.72 bits per heavy atom. The zero-order valence-electron chi connectivity index (χ0n) is 36.8. The van der Waals surface area contributed by atoms with E-state index in [0.29, 0.717) is 58.4 Å². The van der Waals surface area contributed by atoms with Gasteiger partial charge in [-0.2, -0.15) is 46.0 Å². The number of alkyl halides is 3. The van der Waals surface area contributed by atoms with Gasteiger partial charge in [0.25, 0.3) is 0 Å². The Hall–Kier alpha value is -3.14. The largest absolute Gasteiger partial charge is 0.523 e. The molecule has 0 radical (unpaired) electrons. The first-order valence-corrected chi connectivity index (χ1v) is 22.6. The highest BCUT2D eigenvalue weighted by atomic mass is 35.5. The van der Waals surface area contributed by atoms with Crippen molar-refractivity contribution in [2.24, 2.45) is 4.99 Å². The van der Waals surface area contributed by atoms with Gasteiger partial charge in [-0.1, -0.05) is 50.6 Å². The van der Waals surface area contributed by atoms with Crippen molar-refractivity contribution < 1.29 is 59.2 Å². The Kier molecular flexibility index (Phi) is 34.1. The first-order chi connectivity index (χ1) is 27.7. The molecule has 1 aliphatic rings. The number of nitrogens with one attached hydrogen (secondary N) is 2. The van der Waals surface area contributed by atoms with Crippen LogP contribution < -0.4 is 10.6 Å². The molecular weight excluding hydrogens is 875 g/mol. The SMILES string of the molecule is CC(C)(C)OC(=O)NCCS.CCC(=O)N(C)CCN(CCSCCNC(=O)OC(C)(C)C)C(=O)CC.CCC1=NCCO1.COS(=O)(=O)C(F)(F)F.Clc1ccccc1. The maximum absolute atomic E-state index is 12.0. The van der Waals surface area contributed by atoms with E-state index in [4.69, 9.17) is 25.8 Å². The van der Waals surface area contributed by atoms with Crippen LogP contribution >= 0.6 is 36.0 Å². The van der Waals surface area contributed by atoms with Crippen molar-refractivity contribution >= 4 is 76.0 Å². The molecule has 0 spiro atoms. The molecule has 15 nitrogen and oxygen atoms in total. The van der Waals surface area contributed by atoms with E-state index in [1.54, 1.807) is 28.6 Å². The fraction of sp³-hybridized carbons (Fsp3) is 0.711. The van der Waals surface area contributed by atoms with E-state index in [9.17, 15) is 40.8 Å². The molecule has 1 aromatic rings. The van der Waals surface area contributed by atoms with Crippen molar-refractivity contribution in [3.63, 3.8) is 0 Å². The molecule has 1 aromatic carbocycles. The lowest BCUT2D eigenvalue weighted by atomic mass is 10.2. The summed E-state index contributed by atoms with van der Waals surface area (Å²) in [6.07, 6.45) is 1.07. The Morgan fingerprint density at radius 2 is 1.38 bits per heavy atom. The summed E-state index contributed by atoms with van der Waals surface area (Å²) in [5.41, 5.74) is -6.22. The minimum atomic E-state index is -5.34. The van der Waals surface area contributed by atoms with Gasteiger partial charge in [-0.25, -0.2) is 9.59 Å². The summed E-state index contributed by atoms with van der Waals surface area (Å²) in [6.45, 7) is 21.1. The van der Waals surface area contributed by atoms with Gasteiger partial charge in [-0.05, 0) is 53.7 Å². The van der Waals surface area contributed by atoms with Crippen LogP contribution in [-0.2, 0) is 38.1 Å². The highest BCUT2D eigenvalue weighted by Crippen LogP contribution is 2.23. The predicted octanol–water partition coefficient (Wildman–Crippen LogP) is 7.44. The summed E-state index contributed by atoms with van der Waals surface area (Å²) < 4.78 is 71.0. The normalized spacial score (nSPS) is 12.0. The molecule has 1 aliphatic heterocycles. The average Bonchev–Trinajstić information content (AvgIpc) is 3.70. The Balaban J connectivity index is -0.000000775. The highest BCUT2D eigenvalue weighted by Gasteiger charge is 2.46. The molecule has 2 rings (SSSR count). The van der Waals surface area contributed by atoms with E-state index in [2.05, 4.69) is 32.4 Å². The van der Waals surface area contributed by atoms with Gasteiger partial charge in [-0.15, -0.1) is 0 Å². The molecule has 60 heavy (non-hydrogen) atoms. The van der Waals surface area contributed by atoms with Crippen LogP contribution in [0.2, 0.25) is 5.02 Å². The number of halogens is 4. The highest BCUT2D eigenvalue weighted by molar-refractivity contribution is 7.99. The number of thiol groups is 1. The number of alkyl carbamates (subject to hydrolysis) is 2. The van der Waals surface area contributed by atoms with Crippen molar-refractivity contribution in [3.8, 4) is 0 Å². The van der Waals surface area contributed by atoms with Gasteiger partial charge in [-0.3, -0.25) is 18.8 Å². The molecule has 350 valence electrons. The summed E-state index contributed by atoms with van der Waals surface area (Å²) in [6, 6.07) is 9.44. The van der Waals surface area contributed by atoms with E-state index in [1.807, 2.05) is 92.6 Å². The molecule has 0 fully saturated rings. The summed E-state index contributed by atoms with van der Waals surface area (Å²) in [5, 5.41) is 6.06. The van der Waals surface area contributed by atoms with Gasteiger partial charge in [0.2, 0.25) is 11.8 Å². The predicted molar refractivity (Wildman–Crippen MR) is 236 cm³/mol. The first-order valence-electron chi connectivity index (χ1n) is 19.1. The molecule has 0 aliphatic carbocycles. The molecule has 0 unspecified atom stereocenters. The van der Waals surface area contributed by atoms with Gasteiger partial charge < -0.3 is 34.6 Å². The number of ether oxygens (including phenoxy) is 3. The zero-order valence-corrected chi connectivity index (χ0v) is 40.1. The number of thioether (sulfide) groups is 1. The van der Waals surface area contributed by atoms with Gasteiger partial charge in [0.1, 0.15) is 17.8 Å². The summed E-state index contributed by atoms with van der Waals surface area (Å²) in [7, 11) is -3.13. The lowest BCUT2D eigenvalue weighted by Gasteiger charge is -2.25. The van der Waals surface area contributed by atoms with Crippen LogP contribution in [-0.4, -0.2) is 142 Å². The third-order valence-corrected chi connectivity index (χ3v) is 8.92.